The van der Waals surface area contributed by atoms with Crippen molar-refractivity contribution in [3.05, 3.63) is 0 Å². The highest BCUT2D eigenvalue weighted by atomic mass is 15.3. The summed E-state index contributed by atoms with van der Waals surface area (Å²) in [4.78, 5) is 5.30. The second kappa shape index (κ2) is 9.75. The molecule has 1 rings (SSSR count). The van der Waals surface area contributed by atoms with Gasteiger partial charge in [0.2, 0.25) is 0 Å². The molecular formula is C17H37N3. The number of piperazine rings is 1. The fraction of sp³-hybridized carbons (Fsp3) is 1.00. The second-order valence-electron chi connectivity index (χ2n) is 6.36. The summed E-state index contributed by atoms with van der Waals surface area (Å²) in [5.74, 6) is 0. The van der Waals surface area contributed by atoms with Gasteiger partial charge in [-0.25, -0.2) is 0 Å². The van der Waals surface area contributed by atoms with E-state index in [9.17, 15) is 0 Å². The van der Waals surface area contributed by atoms with E-state index in [0.717, 1.165) is 12.6 Å². The Bertz CT molecular complexity index is 244. The Morgan fingerprint density at radius 1 is 1.10 bits per heavy atom. The molecule has 0 saturated carbocycles. The van der Waals surface area contributed by atoms with Crippen molar-refractivity contribution in [1.29, 1.82) is 0 Å². The van der Waals surface area contributed by atoms with Crippen molar-refractivity contribution in [1.82, 2.24) is 15.1 Å². The lowest BCUT2D eigenvalue weighted by atomic mass is 9.96. The molecule has 120 valence electrons. The van der Waals surface area contributed by atoms with E-state index in [1.54, 1.807) is 0 Å². The lowest BCUT2D eigenvalue weighted by Gasteiger charge is -2.45. The summed E-state index contributed by atoms with van der Waals surface area (Å²) >= 11 is 0. The molecule has 0 aromatic heterocycles. The van der Waals surface area contributed by atoms with E-state index in [4.69, 9.17) is 0 Å². The molecule has 0 radical (unpaired) electrons. The van der Waals surface area contributed by atoms with Crippen LogP contribution in [0, 0.1) is 0 Å². The Kier molecular flexibility index (Phi) is 8.74. The summed E-state index contributed by atoms with van der Waals surface area (Å²) in [6.45, 7) is 14.1. The average molecular weight is 284 g/mol. The van der Waals surface area contributed by atoms with Gasteiger partial charge in [0.15, 0.2) is 0 Å². The molecule has 3 atom stereocenters. The minimum atomic E-state index is 0.672. The fourth-order valence-corrected chi connectivity index (χ4v) is 3.58. The standard InChI is InChI=1S/C17H37N3/c1-6-10-16(18-11-7-2)17(9-4)20-13-12-19(5)15(8-3)14-20/h15-18H,6-14H2,1-5H3. The summed E-state index contributed by atoms with van der Waals surface area (Å²) in [6.07, 6.45) is 6.35. The van der Waals surface area contributed by atoms with Crippen LogP contribution in [0.5, 0.6) is 0 Å². The Hall–Kier alpha value is -0.120. The van der Waals surface area contributed by atoms with Crippen LogP contribution in [0.25, 0.3) is 0 Å². The largest absolute Gasteiger partial charge is 0.312 e. The SMILES string of the molecule is CCCNC(CCC)C(CC)N1CCN(C)C(CC)C1. The Labute approximate surface area is 127 Å². The van der Waals surface area contributed by atoms with Crippen molar-refractivity contribution in [2.24, 2.45) is 0 Å². The summed E-state index contributed by atoms with van der Waals surface area (Å²) in [6, 6.07) is 2.13. The topological polar surface area (TPSA) is 18.5 Å². The van der Waals surface area contributed by atoms with Crippen molar-refractivity contribution in [2.45, 2.75) is 77.9 Å². The zero-order valence-corrected chi connectivity index (χ0v) is 14.5. The van der Waals surface area contributed by atoms with Crippen LogP contribution in [0.4, 0.5) is 0 Å². The van der Waals surface area contributed by atoms with Crippen molar-refractivity contribution in [2.75, 3.05) is 33.2 Å². The highest BCUT2D eigenvalue weighted by Crippen LogP contribution is 2.19. The molecule has 1 saturated heterocycles. The maximum absolute atomic E-state index is 3.81. The molecule has 20 heavy (non-hydrogen) atoms. The molecule has 1 fully saturated rings. The minimum Gasteiger partial charge on any atom is -0.312 e. The number of hydrogen-bond acceptors (Lipinski definition) is 3. The van der Waals surface area contributed by atoms with Gasteiger partial charge >= 0.3 is 0 Å². The first-order valence-electron chi connectivity index (χ1n) is 8.85. The van der Waals surface area contributed by atoms with Gasteiger partial charge in [-0.05, 0) is 39.3 Å². The van der Waals surface area contributed by atoms with Crippen molar-refractivity contribution >= 4 is 0 Å². The van der Waals surface area contributed by atoms with Gasteiger partial charge in [0.05, 0.1) is 0 Å². The summed E-state index contributed by atoms with van der Waals surface area (Å²) in [5, 5.41) is 3.81. The zero-order chi connectivity index (χ0) is 15.0. The van der Waals surface area contributed by atoms with Crippen LogP contribution < -0.4 is 5.32 Å². The van der Waals surface area contributed by atoms with Gasteiger partial charge in [-0.3, -0.25) is 4.90 Å². The van der Waals surface area contributed by atoms with Gasteiger partial charge in [0.1, 0.15) is 0 Å². The van der Waals surface area contributed by atoms with Gasteiger partial charge in [0.25, 0.3) is 0 Å². The monoisotopic (exact) mass is 283 g/mol. The molecule has 1 aliphatic heterocycles. The van der Waals surface area contributed by atoms with Crippen LogP contribution >= 0.6 is 0 Å². The summed E-state index contributed by atoms with van der Waals surface area (Å²) in [5.41, 5.74) is 0. The Balaban J connectivity index is 2.65. The first-order chi connectivity index (χ1) is 9.67. The third-order valence-electron chi connectivity index (χ3n) is 4.89. The van der Waals surface area contributed by atoms with E-state index >= 15 is 0 Å². The third kappa shape index (κ3) is 5.01. The Morgan fingerprint density at radius 2 is 1.85 bits per heavy atom. The molecule has 1 heterocycles. The highest BCUT2D eigenvalue weighted by molar-refractivity contribution is 4.89. The first kappa shape index (κ1) is 17.9. The van der Waals surface area contributed by atoms with Crippen LogP contribution in [0.2, 0.25) is 0 Å². The predicted octanol–water partition coefficient (Wildman–Crippen LogP) is 2.96. The van der Waals surface area contributed by atoms with Crippen LogP contribution in [-0.2, 0) is 0 Å². The molecule has 0 spiro atoms. The number of hydrogen-bond donors (Lipinski definition) is 1. The zero-order valence-electron chi connectivity index (χ0n) is 14.5. The maximum Gasteiger partial charge on any atom is 0.0247 e. The molecule has 1 aliphatic rings. The molecule has 3 heteroatoms. The van der Waals surface area contributed by atoms with Crippen molar-refractivity contribution < 1.29 is 0 Å². The molecule has 0 aromatic carbocycles. The van der Waals surface area contributed by atoms with E-state index in [1.807, 2.05) is 0 Å². The van der Waals surface area contributed by atoms with Gasteiger partial charge in [-0.15, -0.1) is 0 Å². The van der Waals surface area contributed by atoms with E-state index in [1.165, 1.54) is 51.7 Å². The quantitative estimate of drug-likeness (QED) is 0.702. The molecular weight excluding hydrogens is 246 g/mol. The average Bonchev–Trinajstić information content (AvgIpc) is 2.47. The summed E-state index contributed by atoms with van der Waals surface area (Å²) < 4.78 is 0. The van der Waals surface area contributed by atoms with Gasteiger partial charge in [-0.2, -0.15) is 0 Å². The normalized spacial score (nSPS) is 24.8. The van der Waals surface area contributed by atoms with Crippen molar-refractivity contribution in [3.63, 3.8) is 0 Å². The maximum atomic E-state index is 3.81. The lowest BCUT2D eigenvalue weighted by Crippen LogP contribution is -2.58. The molecule has 0 bridgehead atoms. The van der Waals surface area contributed by atoms with Crippen LogP contribution in [0.1, 0.15) is 59.8 Å². The molecule has 1 N–H and O–H groups in total. The second-order valence-corrected chi connectivity index (χ2v) is 6.36. The first-order valence-corrected chi connectivity index (χ1v) is 8.85. The van der Waals surface area contributed by atoms with Crippen LogP contribution in [0.15, 0.2) is 0 Å². The van der Waals surface area contributed by atoms with Gasteiger partial charge in [0, 0.05) is 37.8 Å². The fourth-order valence-electron chi connectivity index (χ4n) is 3.58. The van der Waals surface area contributed by atoms with E-state index in [2.05, 4.69) is 49.9 Å². The number of nitrogens with one attached hydrogen (secondary N) is 1. The predicted molar refractivity (Wildman–Crippen MR) is 89.4 cm³/mol. The van der Waals surface area contributed by atoms with E-state index < -0.39 is 0 Å². The highest BCUT2D eigenvalue weighted by Gasteiger charge is 2.30. The van der Waals surface area contributed by atoms with Gasteiger partial charge in [-0.1, -0.05) is 34.1 Å². The Morgan fingerprint density at radius 3 is 2.40 bits per heavy atom. The van der Waals surface area contributed by atoms with Gasteiger partial charge < -0.3 is 10.2 Å². The summed E-state index contributed by atoms with van der Waals surface area (Å²) in [7, 11) is 2.28. The van der Waals surface area contributed by atoms with Crippen LogP contribution in [0.3, 0.4) is 0 Å². The molecule has 0 aliphatic carbocycles. The van der Waals surface area contributed by atoms with Crippen molar-refractivity contribution in [3.8, 4) is 0 Å². The lowest BCUT2D eigenvalue weighted by molar-refractivity contribution is 0.0455. The molecule has 0 aromatic rings. The molecule has 3 unspecified atom stereocenters. The number of nitrogens with zero attached hydrogens (tertiary/aromatic N) is 2. The number of likely N-dealkylation sites (N-methyl/N-ethyl adjacent to an activating group) is 1. The smallest absolute Gasteiger partial charge is 0.0247 e. The molecule has 0 amide bonds. The van der Waals surface area contributed by atoms with E-state index in [-0.39, 0.29) is 0 Å². The van der Waals surface area contributed by atoms with Crippen LogP contribution in [-0.4, -0.2) is 61.2 Å². The van der Waals surface area contributed by atoms with E-state index in [0.29, 0.717) is 12.1 Å². The molecule has 3 nitrogen and oxygen atoms in total. The minimum absolute atomic E-state index is 0.672. The third-order valence-corrected chi connectivity index (χ3v) is 4.89. The number of rotatable bonds is 9.